The van der Waals surface area contributed by atoms with Gasteiger partial charge in [-0.2, -0.15) is 5.10 Å². The van der Waals surface area contributed by atoms with Crippen LogP contribution < -0.4 is 5.32 Å². The average molecular weight is 399 g/mol. The van der Waals surface area contributed by atoms with Crippen molar-refractivity contribution in [1.29, 1.82) is 0 Å². The quantitative estimate of drug-likeness (QED) is 0.506. The zero-order chi connectivity index (χ0) is 21.1. The van der Waals surface area contributed by atoms with Crippen molar-refractivity contribution in [2.24, 2.45) is 7.05 Å². The summed E-state index contributed by atoms with van der Waals surface area (Å²) in [6, 6.07) is 16.6. The van der Waals surface area contributed by atoms with Crippen LogP contribution in [0.1, 0.15) is 40.7 Å². The summed E-state index contributed by atoms with van der Waals surface area (Å²) < 4.78 is 1.65. The summed E-state index contributed by atoms with van der Waals surface area (Å²) >= 11 is 0. The Kier molecular flexibility index (Phi) is 5.61. The minimum atomic E-state index is -0.118. The molecule has 2 aromatic carbocycles. The van der Waals surface area contributed by atoms with Crippen molar-refractivity contribution in [2.75, 3.05) is 0 Å². The van der Waals surface area contributed by atoms with E-state index in [-0.39, 0.29) is 5.91 Å². The van der Waals surface area contributed by atoms with Crippen LogP contribution >= 0.6 is 0 Å². The fourth-order valence-electron chi connectivity index (χ4n) is 3.85. The van der Waals surface area contributed by atoms with Gasteiger partial charge in [0.25, 0.3) is 5.91 Å². The Balaban J connectivity index is 1.61. The first-order chi connectivity index (χ1) is 14.6. The lowest BCUT2D eigenvalue weighted by molar-refractivity contribution is 0.0941. The lowest BCUT2D eigenvalue weighted by atomic mass is 9.95. The number of amides is 1. The van der Waals surface area contributed by atoms with E-state index < -0.39 is 0 Å². The molecular formula is C25H26N4O. The Labute approximate surface area is 176 Å². The van der Waals surface area contributed by atoms with Gasteiger partial charge in [0, 0.05) is 31.4 Å². The highest BCUT2D eigenvalue weighted by molar-refractivity contribution is 5.98. The van der Waals surface area contributed by atoms with Crippen LogP contribution in [0.3, 0.4) is 0 Å². The van der Waals surface area contributed by atoms with E-state index in [4.69, 9.17) is 0 Å². The minimum absolute atomic E-state index is 0.118. The molecule has 1 amide bonds. The Morgan fingerprint density at radius 2 is 1.97 bits per heavy atom. The molecule has 0 aliphatic heterocycles. The van der Waals surface area contributed by atoms with Gasteiger partial charge in [-0.25, -0.2) is 0 Å². The van der Waals surface area contributed by atoms with Gasteiger partial charge < -0.3 is 5.32 Å². The molecule has 0 atom stereocenters. The van der Waals surface area contributed by atoms with E-state index in [2.05, 4.69) is 65.6 Å². The van der Waals surface area contributed by atoms with Crippen LogP contribution in [-0.4, -0.2) is 20.7 Å². The molecule has 0 unspecified atom stereocenters. The Bertz CT molecular complexity index is 1210. The monoisotopic (exact) mass is 398 g/mol. The maximum absolute atomic E-state index is 12.7. The van der Waals surface area contributed by atoms with Gasteiger partial charge in [0.15, 0.2) is 0 Å². The molecule has 30 heavy (non-hydrogen) atoms. The first-order valence-electron chi connectivity index (χ1n) is 10.3. The van der Waals surface area contributed by atoms with Gasteiger partial charge in [0.1, 0.15) is 5.69 Å². The highest BCUT2D eigenvalue weighted by Gasteiger charge is 2.14. The molecule has 2 heterocycles. The molecule has 0 spiro atoms. The molecule has 2 aromatic heterocycles. The summed E-state index contributed by atoms with van der Waals surface area (Å²) in [6.45, 7) is 4.64. The largest absolute Gasteiger partial charge is 0.347 e. The Morgan fingerprint density at radius 3 is 2.77 bits per heavy atom. The number of aryl methyl sites for hydroxylation is 3. The number of carbonyl (C=O) groups excluding carboxylic acids is 1. The molecule has 4 aromatic rings. The molecule has 1 N–H and O–H groups in total. The third-order valence-corrected chi connectivity index (χ3v) is 5.35. The highest BCUT2D eigenvalue weighted by Crippen LogP contribution is 2.30. The van der Waals surface area contributed by atoms with Crippen molar-refractivity contribution >= 4 is 16.7 Å². The zero-order valence-electron chi connectivity index (χ0n) is 17.6. The van der Waals surface area contributed by atoms with E-state index in [0.717, 1.165) is 34.9 Å². The molecule has 5 nitrogen and oxygen atoms in total. The van der Waals surface area contributed by atoms with Crippen molar-refractivity contribution < 1.29 is 4.79 Å². The highest BCUT2D eigenvalue weighted by atomic mass is 16.2. The van der Waals surface area contributed by atoms with Crippen LogP contribution in [0.15, 0.2) is 60.9 Å². The second-order valence-electron chi connectivity index (χ2n) is 7.64. The second-order valence-corrected chi connectivity index (χ2v) is 7.64. The average Bonchev–Trinajstić information content (AvgIpc) is 3.12. The van der Waals surface area contributed by atoms with E-state index in [1.54, 1.807) is 4.68 Å². The number of hydrogen-bond donors (Lipinski definition) is 1. The number of hydrogen-bond acceptors (Lipinski definition) is 3. The number of aromatic nitrogens is 3. The summed E-state index contributed by atoms with van der Waals surface area (Å²) in [5.74, 6) is -0.118. The molecule has 0 radical (unpaired) electrons. The van der Waals surface area contributed by atoms with Crippen LogP contribution in [0.2, 0.25) is 0 Å². The number of benzene rings is 2. The number of fused-ring (bicyclic) bond motifs is 1. The first-order valence-corrected chi connectivity index (χ1v) is 10.3. The smallest absolute Gasteiger partial charge is 0.269 e. The van der Waals surface area contributed by atoms with Crippen molar-refractivity contribution in [1.82, 2.24) is 20.1 Å². The van der Waals surface area contributed by atoms with Gasteiger partial charge in [-0.15, -0.1) is 0 Å². The summed E-state index contributed by atoms with van der Waals surface area (Å²) in [4.78, 5) is 17.1. The van der Waals surface area contributed by atoms with Gasteiger partial charge in [-0.05, 0) is 47.6 Å². The van der Waals surface area contributed by atoms with Crippen LogP contribution in [0, 0.1) is 6.92 Å². The number of nitrogens with zero attached hydrogens (tertiary/aromatic N) is 3. The predicted molar refractivity (Wildman–Crippen MR) is 120 cm³/mol. The third-order valence-electron chi connectivity index (χ3n) is 5.35. The number of rotatable bonds is 6. The molecule has 0 aliphatic rings. The fourth-order valence-corrected chi connectivity index (χ4v) is 3.85. The molecule has 0 aliphatic carbocycles. The molecule has 5 heteroatoms. The SMILES string of the molecule is CCCc1cc(C(=O)NCc2ccc(-c3cccc(C)c3)c3ccncc23)n(C)n1. The van der Waals surface area contributed by atoms with E-state index in [1.165, 1.54) is 16.7 Å². The Hall–Kier alpha value is -3.47. The molecule has 0 fully saturated rings. The Morgan fingerprint density at radius 1 is 1.10 bits per heavy atom. The molecule has 0 bridgehead atoms. The van der Waals surface area contributed by atoms with Gasteiger partial charge in [0.2, 0.25) is 0 Å². The van der Waals surface area contributed by atoms with Gasteiger partial charge >= 0.3 is 0 Å². The number of nitrogens with one attached hydrogen (secondary N) is 1. The van der Waals surface area contributed by atoms with Crippen molar-refractivity contribution in [3.63, 3.8) is 0 Å². The normalized spacial score (nSPS) is 11.0. The first kappa shape index (κ1) is 19.8. The van der Waals surface area contributed by atoms with E-state index in [0.29, 0.717) is 12.2 Å². The van der Waals surface area contributed by atoms with E-state index >= 15 is 0 Å². The summed E-state index contributed by atoms with van der Waals surface area (Å²) in [5.41, 5.74) is 6.14. The topological polar surface area (TPSA) is 59.8 Å². The lowest BCUT2D eigenvalue weighted by Crippen LogP contribution is -2.25. The third kappa shape index (κ3) is 3.96. The predicted octanol–water partition coefficient (Wildman–Crippen LogP) is 4.83. The standard InChI is InChI=1S/C25H26N4O/c1-4-6-20-14-24(29(3)28-20)25(30)27-15-19-9-10-21(18-8-5-7-17(2)13-18)22-11-12-26-16-23(19)22/h5,7-14,16H,4,6,15H2,1-3H3,(H,27,30). The van der Waals surface area contributed by atoms with Crippen molar-refractivity contribution in [2.45, 2.75) is 33.2 Å². The van der Waals surface area contributed by atoms with Crippen LogP contribution in [-0.2, 0) is 20.0 Å². The number of pyridine rings is 1. The molecule has 152 valence electrons. The van der Waals surface area contributed by atoms with Crippen molar-refractivity contribution in [3.8, 4) is 11.1 Å². The van der Waals surface area contributed by atoms with Gasteiger partial charge in [-0.3, -0.25) is 14.5 Å². The molecule has 0 saturated heterocycles. The summed E-state index contributed by atoms with van der Waals surface area (Å²) in [7, 11) is 1.81. The summed E-state index contributed by atoms with van der Waals surface area (Å²) in [6.07, 6.45) is 5.57. The van der Waals surface area contributed by atoms with E-state index in [1.807, 2.05) is 31.6 Å². The van der Waals surface area contributed by atoms with Crippen molar-refractivity contribution in [3.05, 3.63) is 83.4 Å². The maximum atomic E-state index is 12.7. The van der Waals surface area contributed by atoms with Gasteiger partial charge in [0.05, 0.1) is 5.69 Å². The number of carbonyl (C=O) groups is 1. The fraction of sp³-hybridized carbons (Fsp3) is 0.240. The van der Waals surface area contributed by atoms with Crippen LogP contribution in [0.4, 0.5) is 0 Å². The molecule has 0 saturated carbocycles. The van der Waals surface area contributed by atoms with Crippen LogP contribution in [0.25, 0.3) is 21.9 Å². The molecule has 4 rings (SSSR count). The minimum Gasteiger partial charge on any atom is -0.347 e. The van der Waals surface area contributed by atoms with Gasteiger partial charge in [-0.1, -0.05) is 55.3 Å². The van der Waals surface area contributed by atoms with Crippen LogP contribution in [0.5, 0.6) is 0 Å². The summed E-state index contributed by atoms with van der Waals surface area (Å²) in [5, 5.41) is 9.65. The molecular weight excluding hydrogens is 372 g/mol. The maximum Gasteiger partial charge on any atom is 0.269 e. The lowest BCUT2D eigenvalue weighted by Gasteiger charge is -2.12. The van der Waals surface area contributed by atoms with E-state index in [9.17, 15) is 4.79 Å². The zero-order valence-corrected chi connectivity index (χ0v) is 17.6. The second kappa shape index (κ2) is 8.49.